The normalized spacial score (nSPS) is 13.8. The summed E-state index contributed by atoms with van der Waals surface area (Å²) in [5, 5.41) is 3.42. The quantitative estimate of drug-likeness (QED) is 0.0521. The molecular weight excluding hydrogens is 848 g/mol. The molecule has 6 rings (SSSR count). The number of anilines is 1. The van der Waals surface area contributed by atoms with Crippen molar-refractivity contribution in [2.24, 2.45) is 17.0 Å². The smallest absolute Gasteiger partial charge is 0.418 e. The summed E-state index contributed by atoms with van der Waals surface area (Å²) in [6.45, 7) is 12.6. The molecule has 2 aromatic carbocycles. The van der Waals surface area contributed by atoms with Gasteiger partial charge >= 0.3 is 11.9 Å². The number of ether oxygens (including phenoxy) is 5. The standard InChI is InChI=1S/C46H56F3N9O7/c1-6-18-62-20-22-64-24-25-65-23-21-63-19-13-41(59)52-28-32(2)29-54-44(50-3)57-16-14-56(15-17-57)39-11-9-35(27-37(39)46(47,48)49)58-43-36-26-33(34-8-12-42(61-5)53-30-34)7-10-38(36)51-31-40(43)55(4)45(58)60/h7-12,26-27,29-31H,3,6,13-25,28H2,1-2,4-5H3,(H,52,59)/b32-29+,54-44?. The van der Waals surface area contributed by atoms with Crippen molar-refractivity contribution in [1.29, 1.82) is 0 Å². The lowest BCUT2D eigenvalue weighted by Gasteiger charge is -2.37. The highest BCUT2D eigenvalue weighted by Gasteiger charge is 2.36. The number of hydrogen-bond acceptors (Lipinski definition) is 11. The number of benzene rings is 2. The number of piperazine rings is 1. The van der Waals surface area contributed by atoms with Crippen LogP contribution in [0.1, 0.15) is 32.3 Å². The summed E-state index contributed by atoms with van der Waals surface area (Å²) >= 11 is 0. The predicted octanol–water partition coefficient (Wildman–Crippen LogP) is 6.03. The number of carbonyl (C=O) groups is 1. The number of alkyl halides is 3. The van der Waals surface area contributed by atoms with E-state index in [2.05, 4.69) is 38.9 Å². The summed E-state index contributed by atoms with van der Waals surface area (Å²) in [6, 6.07) is 13.1. The molecule has 0 spiro atoms. The lowest BCUT2D eigenvalue weighted by Crippen LogP contribution is -2.48. The summed E-state index contributed by atoms with van der Waals surface area (Å²) in [5.41, 5.74) is 2.47. The number of guanidine groups is 1. The second kappa shape index (κ2) is 23.2. The average Bonchev–Trinajstić information content (AvgIpc) is 3.58. The van der Waals surface area contributed by atoms with E-state index >= 15 is 0 Å². The van der Waals surface area contributed by atoms with Crippen molar-refractivity contribution >= 4 is 46.2 Å². The lowest BCUT2D eigenvalue weighted by molar-refractivity contribution is -0.137. The number of aliphatic imine (C=N–C) groups is 2. The van der Waals surface area contributed by atoms with Crippen LogP contribution in [0.25, 0.3) is 38.8 Å². The number of aryl methyl sites for hydroxylation is 1. The van der Waals surface area contributed by atoms with Gasteiger partial charge in [-0.1, -0.05) is 13.0 Å². The Kier molecular flexibility index (Phi) is 17.2. The second-order valence-electron chi connectivity index (χ2n) is 15.2. The zero-order valence-corrected chi connectivity index (χ0v) is 37.2. The highest BCUT2D eigenvalue weighted by atomic mass is 19.4. The van der Waals surface area contributed by atoms with Crippen LogP contribution in [0.3, 0.4) is 0 Å². The van der Waals surface area contributed by atoms with Crippen molar-refractivity contribution in [3.05, 3.63) is 88.7 Å². The first-order valence-corrected chi connectivity index (χ1v) is 21.4. The highest BCUT2D eigenvalue weighted by molar-refractivity contribution is 6.04. The molecule has 4 heterocycles. The van der Waals surface area contributed by atoms with E-state index in [4.69, 9.17) is 23.7 Å². The molecule has 1 saturated heterocycles. The van der Waals surface area contributed by atoms with Crippen LogP contribution in [-0.2, 0) is 37.0 Å². The van der Waals surface area contributed by atoms with Crippen molar-refractivity contribution < 1.29 is 41.7 Å². The molecule has 0 radical (unpaired) electrons. The van der Waals surface area contributed by atoms with Crippen molar-refractivity contribution in [1.82, 2.24) is 29.3 Å². The molecule has 65 heavy (non-hydrogen) atoms. The van der Waals surface area contributed by atoms with Gasteiger partial charge in [0.25, 0.3) is 0 Å². The van der Waals surface area contributed by atoms with Crippen LogP contribution in [-0.4, -0.2) is 135 Å². The molecule has 1 aliphatic rings. The first-order chi connectivity index (χ1) is 31.4. The molecule has 1 aliphatic heterocycles. The van der Waals surface area contributed by atoms with Gasteiger partial charge in [0.05, 0.1) is 87.4 Å². The molecule has 0 aliphatic carbocycles. The third-order valence-corrected chi connectivity index (χ3v) is 10.7. The van der Waals surface area contributed by atoms with Gasteiger partial charge in [0, 0.05) is 87.9 Å². The molecule has 348 valence electrons. The zero-order chi connectivity index (χ0) is 46.3. The first kappa shape index (κ1) is 48.3. The Bertz CT molecular complexity index is 2510. The maximum absolute atomic E-state index is 15.0. The molecule has 1 N–H and O–H groups in total. The summed E-state index contributed by atoms with van der Waals surface area (Å²) in [5.74, 6) is 0.582. The number of rotatable bonds is 21. The topological polar surface area (TPSA) is 159 Å². The maximum Gasteiger partial charge on any atom is 0.418 e. The highest BCUT2D eigenvalue weighted by Crippen LogP contribution is 2.39. The first-order valence-electron chi connectivity index (χ1n) is 21.4. The third kappa shape index (κ3) is 12.6. The molecule has 1 fully saturated rings. The molecule has 16 nitrogen and oxygen atoms in total. The Hall–Kier alpha value is -6.15. The lowest BCUT2D eigenvalue weighted by atomic mass is 10.0. The van der Waals surface area contributed by atoms with Gasteiger partial charge in [0.2, 0.25) is 17.7 Å². The molecule has 0 saturated carbocycles. The molecule has 3 aromatic heterocycles. The number of aromatic nitrogens is 4. The maximum atomic E-state index is 15.0. The number of fused-ring (bicyclic) bond motifs is 3. The van der Waals surface area contributed by atoms with Crippen LogP contribution >= 0.6 is 0 Å². The van der Waals surface area contributed by atoms with Crippen molar-refractivity contribution in [2.45, 2.75) is 32.9 Å². The predicted molar refractivity (Wildman–Crippen MR) is 244 cm³/mol. The monoisotopic (exact) mass is 903 g/mol. The minimum absolute atomic E-state index is 0.00424. The Balaban J connectivity index is 1.05. The van der Waals surface area contributed by atoms with Gasteiger partial charge in [-0.2, -0.15) is 13.2 Å². The van der Waals surface area contributed by atoms with E-state index in [0.29, 0.717) is 86.5 Å². The fourth-order valence-corrected chi connectivity index (χ4v) is 7.23. The van der Waals surface area contributed by atoms with E-state index < -0.39 is 17.4 Å². The molecule has 19 heteroatoms. The van der Waals surface area contributed by atoms with Crippen LogP contribution in [0.4, 0.5) is 18.9 Å². The second-order valence-corrected chi connectivity index (χ2v) is 15.2. The average molecular weight is 904 g/mol. The largest absolute Gasteiger partial charge is 0.481 e. The fourth-order valence-electron chi connectivity index (χ4n) is 7.23. The number of hydrogen-bond donors (Lipinski definition) is 1. The van der Waals surface area contributed by atoms with Crippen molar-refractivity contribution in [2.75, 3.05) is 97.6 Å². The molecule has 0 atom stereocenters. The molecular formula is C46H56F3N9O7. The number of nitrogens with zero attached hydrogens (tertiary/aromatic N) is 8. The van der Waals surface area contributed by atoms with Crippen LogP contribution in [0.5, 0.6) is 5.88 Å². The van der Waals surface area contributed by atoms with Gasteiger partial charge in [0.15, 0.2) is 0 Å². The number of carbonyl (C=O) groups excluding carboxylic acids is 1. The van der Waals surface area contributed by atoms with Crippen LogP contribution in [0.2, 0.25) is 0 Å². The Morgan fingerprint density at radius 2 is 1.55 bits per heavy atom. The van der Waals surface area contributed by atoms with Crippen molar-refractivity contribution in [3.8, 4) is 22.7 Å². The summed E-state index contributed by atoms with van der Waals surface area (Å²) in [4.78, 5) is 47.1. The fraction of sp³-hybridized carbons (Fsp3) is 0.435. The summed E-state index contributed by atoms with van der Waals surface area (Å²) in [6.07, 6.45) is 1.22. The number of methoxy groups -OCH3 is 1. The summed E-state index contributed by atoms with van der Waals surface area (Å²) < 4.78 is 74.5. The minimum Gasteiger partial charge on any atom is -0.481 e. The number of imidazole rings is 1. The van der Waals surface area contributed by atoms with Gasteiger partial charge in [-0.15, -0.1) is 0 Å². The molecule has 5 aromatic rings. The molecule has 0 bridgehead atoms. The third-order valence-electron chi connectivity index (χ3n) is 10.7. The van der Waals surface area contributed by atoms with E-state index in [-0.39, 0.29) is 49.9 Å². The van der Waals surface area contributed by atoms with Gasteiger partial charge < -0.3 is 38.8 Å². The molecule has 0 unspecified atom stereocenters. The summed E-state index contributed by atoms with van der Waals surface area (Å²) in [7, 11) is 3.09. The SMILES string of the molecule is C=NC(=N/C=C(\C)CNC(=O)CCOCCOCCOCCOCCC)N1CCN(c2ccc(-n3c(=O)n(C)c4cnc5ccc(-c6ccc(OC)nc6)cc5c43)cc2C(F)(F)F)CC1. The van der Waals surface area contributed by atoms with E-state index in [0.717, 1.165) is 35.8 Å². The zero-order valence-electron chi connectivity index (χ0n) is 37.2. The van der Waals surface area contributed by atoms with Gasteiger partial charge in [-0.3, -0.25) is 18.9 Å². The van der Waals surface area contributed by atoms with E-state index in [1.54, 1.807) is 48.7 Å². The Morgan fingerprint density at radius 3 is 2.18 bits per heavy atom. The van der Waals surface area contributed by atoms with Crippen molar-refractivity contribution in [3.63, 3.8) is 0 Å². The number of nitrogens with one attached hydrogen (secondary N) is 1. The molecule has 1 amide bonds. The number of halogens is 3. The van der Waals surface area contributed by atoms with E-state index in [1.807, 2.05) is 30.0 Å². The van der Waals surface area contributed by atoms with Crippen LogP contribution in [0.15, 0.2) is 87.5 Å². The van der Waals surface area contributed by atoms with Gasteiger partial charge in [0.1, 0.15) is 0 Å². The Labute approximate surface area is 375 Å². The van der Waals surface area contributed by atoms with Crippen LogP contribution < -0.4 is 20.6 Å². The van der Waals surface area contributed by atoms with Gasteiger partial charge in [-0.25, -0.2) is 19.8 Å². The van der Waals surface area contributed by atoms with Crippen LogP contribution in [0, 0.1) is 0 Å². The number of amides is 1. The Morgan fingerprint density at radius 1 is 0.877 bits per heavy atom. The van der Waals surface area contributed by atoms with E-state index in [9.17, 15) is 22.8 Å². The van der Waals surface area contributed by atoms with E-state index in [1.165, 1.54) is 22.3 Å². The minimum atomic E-state index is -4.73. The number of pyridine rings is 2. The van der Waals surface area contributed by atoms with Gasteiger partial charge in [-0.05, 0) is 67.6 Å².